The lowest BCUT2D eigenvalue weighted by molar-refractivity contribution is -0.114. The first kappa shape index (κ1) is 15.4. The maximum Gasteiger partial charge on any atom is 0.233 e. The maximum atomic E-state index is 11.5. The Labute approximate surface area is 147 Å². The fourth-order valence-electron chi connectivity index (χ4n) is 2.67. The molecule has 6 heteroatoms. The lowest BCUT2D eigenvalue weighted by Crippen LogP contribution is -2.05. The zero-order valence-electron chi connectivity index (χ0n) is 13.3. The third-order valence-corrected chi connectivity index (χ3v) is 4.49. The lowest BCUT2D eigenvalue weighted by Gasteiger charge is -2.03. The van der Waals surface area contributed by atoms with Crippen LogP contribution in [0, 0.1) is 0 Å². The number of carbonyl (C=O) groups is 1. The van der Waals surface area contributed by atoms with E-state index in [-0.39, 0.29) is 23.4 Å². The molecule has 0 aliphatic carbocycles. The Morgan fingerprint density at radius 1 is 1.20 bits per heavy atom. The Balaban J connectivity index is 1.88. The predicted octanol–water partition coefficient (Wildman–Crippen LogP) is 4.89. The number of rotatable bonds is 3. The van der Waals surface area contributed by atoms with E-state index >= 15 is 0 Å². The van der Waals surface area contributed by atoms with E-state index in [0.29, 0.717) is 11.3 Å². The van der Waals surface area contributed by atoms with Gasteiger partial charge in [0.2, 0.25) is 17.7 Å². The van der Waals surface area contributed by atoms with Gasteiger partial charge < -0.3 is 9.52 Å². The van der Waals surface area contributed by atoms with Crippen LogP contribution in [0.4, 0.5) is 5.88 Å². The molecule has 0 radical (unpaired) electrons. The number of fused-ring (bicyclic) bond motifs is 1. The highest BCUT2D eigenvalue weighted by molar-refractivity contribution is 7.08. The van der Waals surface area contributed by atoms with Crippen LogP contribution in [0.25, 0.3) is 33.5 Å². The number of anilines is 1. The molecule has 25 heavy (non-hydrogen) atoms. The van der Waals surface area contributed by atoms with Crippen molar-refractivity contribution in [1.82, 2.24) is 4.98 Å². The molecule has 2 N–H and O–H groups in total. The first-order valence-electron chi connectivity index (χ1n) is 7.65. The molecule has 0 atom stereocenters. The number of benzene rings is 2. The number of aromatic nitrogens is 1. The summed E-state index contributed by atoms with van der Waals surface area (Å²) in [5, 5.41) is 18.8. The molecule has 0 aliphatic heterocycles. The zero-order chi connectivity index (χ0) is 17.4. The normalized spacial score (nSPS) is 10.9. The molecule has 4 rings (SSSR count). The van der Waals surface area contributed by atoms with Gasteiger partial charge in [0.05, 0.1) is 5.56 Å². The molecule has 2 aromatic heterocycles. The number of thiophene rings is 1. The van der Waals surface area contributed by atoms with Crippen LogP contribution in [0.1, 0.15) is 6.92 Å². The van der Waals surface area contributed by atoms with Crippen LogP contribution in [-0.4, -0.2) is 16.0 Å². The highest BCUT2D eigenvalue weighted by Crippen LogP contribution is 2.38. The van der Waals surface area contributed by atoms with E-state index in [1.54, 1.807) is 6.07 Å². The van der Waals surface area contributed by atoms with E-state index in [4.69, 9.17) is 4.42 Å². The molecule has 0 aliphatic rings. The lowest BCUT2D eigenvalue weighted by atomic mass is 10.1. The van der Waals surface area contributed by atoms with Gasteiger partial charge in [-0.3, -0.25) is 10.1 Å². The van der Waals surface area contributed by atoms with Crippen LogP contribution >= 0.6 is 11.3 Å². The van der Waals surface area contributed by atoms with Gasteiger partial charge in [-0.15, -0.1) is 0 Å². The number of carbonyl (C=O) groups excluding carboxylic acids is 1. The first-order chi connectivity index (χ1) is 12.1. The highest BCUT2D eigenvalue weighted by Gasteiger charge is 2.20. The van der Waals surface area contributed by atoms with Crippen LogP contribution in [0.5, 0.6) is 5.75 Å². The van der Waals surface area contributed by atoms with Crippen molar-refractivity contribution in [3.8, 4) is 28.5 Å². The largest absolute Gasteiger partial charge is 0.507 e. The molecule has 2 heterocycles. The topological polar surface area (TPSA) is 75.4 Å². The highest BCUT2D eigenvalue weighted by atomic mass is 32.1. The molecule has 124 valence electrons. The number of phenolic OH excluding ortho intramolecular Hbond substituents is 1. The monoisotopic (exact) mass is 350 g/mol. The van der Waals surface area contributed by atoms with Crippen LogP contribution in [0.2, 0.25) is 0 Å². The van der Waals surface area contributed by atoms with Gasteiger partial charge in [0.15, 0.2) is 0 Å². The van der Waals surface area contributed by atoms with E-state index in [1.165, 1.54) is 18.3 Å². The maximum absolute atomic E-state index is 11.5. The zero-order valence-corrected chi connectivity index (χ0v) is 14.1. The van der Waals surface area contributed by atoms with Gasteiger partial charge in [-0.2, -0.15) is 11.3 Å². The van der Waals surface area contributed by atoms with Crippen LogP contribution in [-0.2, 0) is 4.79 Å². The number of hydrogen-bond donors (Lipinski definition) is 2. The van der Waals surface area contributed by atoms with Crippen LogP contribution in [0.3, 0.4) is 0 Å². The van der Waals surface area contributed by atoms with Crippen LogP contribution < -0.4 is 5.32 Å². The number of phenols is 1. The molecule has 0 spiro atoms. The molecule has 0 unspecified atom stereocenters. The summed E-state index contributed by atoms with van der Waals surface area (Å²) in [6, 6.07) is 13.1. The molecule has 4 aromatic rings. The van der Waals surface area contributed by atoms with E-state index in [2.05, 4.69) is 10.3 Å². The molecule has 0 saturated heterocycles. The van der Waals surface area contributed by atoms with Crippen LogP contribution in [0.15, 0.2) is 57.6 Å². The molecule has 2 aromatic carbocycles. The SMILES string of the molecule is CC(=O)Nc1oc(-c2cc3ccccc3cc2O)nc1-c1ccsc1. The van der Waals surface area contributed by atoms with E-state index in [1.807, 2.05) is 47.2 Å². The number of nitrogens with zero attached hydrogens (tertiary/aromatic N) is 1. The standard InChI is InChI=1S/C19H14N2O3S/c1-11(22)20-19-17(14-6-7-25-10-14)21-18(24-19)15-8-12-4-2-3-5-13(12)9-16(15)23/h2-10,23H,1H3,(H,20,22). The summed E-state index contributed by atoms with van der Waals surface area (Å²) in [6.45, 7) is 1.41. The summed E-state index contributed by atoms with van der Waals surface area (Å²) in [6.07, 6.45) is 0. The summed E-state index contributed by atoms with van der Waals surface area (Å²) in [5.74, 6) is 0.356. The summed E-state index contributed by atoms with van der Waals surface area (Å²) < 4.78 is 5.77. The predicted molar refractivity (Wildman–Crippen MR) is 98.7 cm³/mol. The summed E-state index contributed by atoms with van der Waals surface area (Å²) >= 11 is 1.53. The molecule has 1 amide bonds. The van der Waals surface area contributed by atoms with Gasteiger partial charge >= 0.3 is 0 Å². The molecule has 0 bridgehead atoms. The van der Waals surface area contributed by atoms with Gasteiger partial charge in [0, 0.05) is 17.9 Å². The number of amides is 1. The van der Waals surface area contributed by atoms with Gasteiger partial charge in [-0.25, -0.2) is 4.98 Å². The van der Waals surface area contributed by atoms with Crippen molar-refractivity contribution in [2.75, 3.05) is 5.32 Å². The van der Waals surface area contributed by atoms with E-state index in [0.717, 1.165) is 16.3 Å². The number of oxazole rings is 1. The van der Waals surface area contributed by atoms with Crippen molar-refractivity contribution in [2.24, 2.45) is 0 Å². The molecule has 0 saturated carbocycles. The number of aromatic hydroxyl groups is 1. The Kier molecular flexibility index (Phi) is 3.74. The van der Waals surface area contributed by atoms with Crippen molar-refractivity contribution in [3.63, 3.8) is 0 Å². The van der Waals surface area contributed by atoms with Gasteiger partial charge in [-0.05, 0) is 34.4 Å². The second-order valence-corrected chi connectivity index (χ2v) is 6.39. The second-order valence-electron chi connectivity index (χ2n) is 5.61. The third-order valence-electron chi connectivity index (χ3n) is 3.81. The van der Waals surface area contributed by atoms with Gasteiger partial charge in [-0.1, -0.05) is 24.3 Å². The fourth-order valence-corrected chi connectivity index (χ4v) is 3.31. The Morgan fingerprint density at radius 3 is 2.64 bits per heavy atom. The minimum atomic E-state index is -0.248. The molecule has 0 fully saturated rings. The minimum absolute atomic E-state index is 0.0752. The Hall–Kier alpha value is -3.12. The fraction of sp³-hybridized carbons (Fsp3) is 0.0526. The van der Waals surface area contributed by atoms with Crippen molar-refractivity contribution in [2.45, 2.75) is 6.92 Å². The minimum Gasteiger partial charge on any atom is -0.507 e. The molecule has 5 nitrogen and oxygen atoms in total. The summed E-state index contributed by atoms with van der Waals surface area (Å²) in [5.41, 5.74) is 1.87. The summed E-state index contributed by atoms with van der Waals surface area (Å²) in [7, 11) is 0. The third kappa shape index (κ3) is 2.88. The van der Waals surface area contributed by atoms with E-state index < -0.39 is 0 Å². The molecular formula is C19H14N2O3S. The second kappa shape index (κ2) is 6.07. The van der Waals surface area contributed by atoms with Crippen molar-refractivity contribution >= 4 is 33.9 Å². The summed E-state index contributed by atoms with van der Waals surface area (Å²) in [4.78, 5) is 16.0. The number of hydrogen-bond acceptors (Lipinski definition) is 5. The Bertz CT molecular complexity index is 1070. The van der Waals surface area contributed by atoms with E-state index in [9.17, 15) is 9.90 Å². The average molecular weight is 350 g/mol. The smallest absolute Gasteiger partial charge is 0.233 e. The van der Waals surface area contributed by atoms with Gasteiger partial charge in [0.1, 0.15) is 11.4 Å². The van der Waals surface area contributed by atoms with Crippen molar-refractivity contribution < 1.29 is 14.3 Å². The first-order valence-corrected chi connectivity index (χ1v) is 8.59. The van der Waals surface area contributed by atoms with Crippen molar-refractivity contribution in [1.29, 1.82) is 0 Å². The van der Waals surface area contributed by atoms with Crippen molar-refractivity contribution in [3.05, 3.63) is 53.2 Å². The molecular weight excluding hydrogens is 336 g/mol. The van der Waals surface area contributed by atoms with Gasteiger partial charge in [0.25, 0.3) is 0 Å². The average Bonchev–Trinajstić information content (AvgIpc) is 3.23. The number of nitrogens with one attached hydrogen (secondary N) is 1. The quantitative estimate of drug-likeness (QED) is 0.552. The Morgan fingerprint density at radius 2 is 1.96 bits per heavy atom.